The average molecular weight is 388 g/mol. The number of anilines is 1. The van der Waals surface area contributed by atoms with Crippen molar-refractivity contribution in [1.29, 1.82) is 0 Å². The summed E-state index contributed by atoms with van der Waals surface area (Å²) in [6, 6.07) is 14.3. The molecule has 2 aromatic rings. The summed E-state index contributed by atoms with van der Waals surface area (Å²) in [5.74, 6) is -1.45. The molecule has 3 aliphatic heterocycles. The minimum absolute atomic E-state index is 0.0231. The molecule has 2 aromatic carbocycles. The van der Waals surface area contributed by atoms with Gasteiger partial charge >= 0.3 is 0 Å². The monoisotopic (exact) mass is 388 g/mol. The largest absolute Gasteiger partial charge is 0.292 e. The summed E-state index contributed by atoms with van der Waals surface area (Å²) < 4.78 is 0. The molecule has 4 atom stereocenters. The molecule has 0 spiro atoms. The lowest BCUT2D eigenvalue weighted by Crippen LogP contribution is -2.46. The van der Waals surface area contributed by atoms with Crippen LogP contribution in [0, 0.1) is 25.7 Å². The zero-order valence-corrected chi connectivity index (χ0v) is 16.7. The third-order valence-corrected chi connectivity index (χ3v) is 6.64. The van der Waals surface area contributed by atoms with Crippen molar-refractivity contribution < 1.29 is 14.4 Å². The van der Waals surface area contributed by atoms with Crippen molar-refractivity contribution >= 4 is 23.3 Å². The van der Waals surface area contributed by atoms with Gasteiger partial charge < -0.3 is 0 Å². The maximum atomic E-state index is 13.5. The zero-order chi connectivity index (χ0) is 20.3. The lowest BCUT2D eigenvalue weighted by atomic mass is 9.85. The molecular weight excluding hydrogens is 364 g/mol. The second-order valence-corrected chi connectivity index (χ2v) is 8.53. The SMILES string of the molecule is Cc1cc(C)cc(N2C(=O)[C@@H]3[C@H](C2=O)[C@@H]2CCCN2[C@@H]3C(=O)c2ccccc2)c1. The molecule has 0 saturated carbocycles. The number of ketones is 1. The van der Waals surface area contributed by atoms with Crippen LogP contribution in [0.15, 0.2) is 48.5 Å². The summed E-state index contributed by atoms with van der Waals surface area (Å²) in [6.07, 6.45) is 1.82. The van der Waals surface area contributed by atoms with E-state index in [2.05, 4.69) is 4.90 Å². The van der Waals surface area contributed by atoms with Gasteiger partial charge in [0, 0.05) is 11.6 Å². The van der Waals surface area contributed by atoms with Gasteiger partial charge in [-0.2, -0.15) is 0 Å². The first kappa shape index (κ1) is 18.3. The van der Waals surface area contributed by atoms with Crippen molar-refractivity contribution in [3.05, 3.63) is 65.2 Å². The average Bonchev–Trinajstić information content (AvgIpc) is 3.33. The number of hydrogen-bond donors (Lipinski definition) is 0. The van der Waals surface area contributed by atoms with Crippen LogP contribution in [0.4, 0.5) is 5.69 Å². The minimum atomic E-state index is -0.596. The van der Waals surface area contributed by atoms with Crippen LogP contribution >= 0.6 is 0 Å². The van der Waals surface area contributed by atoms with E-state index < -0.39 is 17.9 Å². The molecular formula is C24H24N2O3. The Hall–Kier alpha value is -2.79. The van der Waals surface area contributed by atoms with Crippen molar-refractivity contribution in [1.82, 2.24) is 4.90 Å². The zero-order valence-electron chi connectivity index (χ0n) is 16.7. The highest BCUT2D eigenvalue weighted by Crippen LogP contribution is 2.48. The number of carbonyl (C=O) groups is 3. The van der Waals surface area contributed by atoms with Crippen LogP contribution in [0.1, 0.15) is 34.3 Å². The van der Waals surface area contributed by atoms with Gasteiger partial charge in [-0.25, -0.2) is 4.90 Å². The number of rotatable bonds is 3. The standard InChI is InChI=1S/C24H24N2O3/c1-14-11-15(2)13-17(12-14)26-23(28)19-18-9-6-10-25(18)21(20(19)24(26)29)22(27)16-7-4-3-5-8-16/h3-5,7-8,11-13,18-21H,6,9-10H2,1-2H3/t18-,19+,20+,21-/m0/s1. The molecule has 0 bridgehead atoms. The van der Waals surface area contributed by atoms with E-state index in [0.29, 0.717) is 11.3 Å². The number of imide groups is 1. The minimum Gasteiger partial charge on any atom is -0.292 e. The van der Waals surface area contributed by atoms with Crippen LogP contribution in [-0.4, -0.2) is 41.1 Å². The van der Waals surface area contributed by atoms with Crippen LogP contribution < -0.4 is 4.90 Å². The topological polar surface area (TPSA) is 57.7 Å². The van der Waals surface area contributed by atoms with Crippen molar-refractivity contribution in [3.63, 3.8) is 0 Å². The Morgan fingerprint density at radius 3 is 2.28 bits per heavy atom. The molecule has 2 amide bonds. The van der Waals surface area contributed by atoms with E-state index in [4.69, 9.17) is 0 Å². The van der Waals surface area contributed by atoms with E-state index in [1.54, 1.807) is 12.1 Å². The van der Waals surface area contributed by atoms with Gasteiger partial charge in [0.15, 0.2) is 5.78 Å². The van der Waals surface area contributed by atoms with Gasteiger partial charge in [-0.05, 0) is 56.5 Å². The molecule has 5 heteroatoms. The fourth-order valence-corrected chi connectivity index (χ4v) is 5.62. The third kappa shape index (κ3) is 2.68. The van der Waals surface area contributed by atoms with Crippen LogP contribution in [0.2, 0.25) is 0 Å². The molecule has 3 fully saturated rings. The second-order valence-electron chi connectivity index (χ2n) is 8.53. The number of amides is 2. The van der Waals surface area contributed by atoms with E-state index in [1.165, 1.54) is 4.90 Å². The number of fused-ring (bicyclic) bond motifs is 3. The first-order valence-corrected chi connectivity index (χ1v) is 10.3. The van der Waals surface area contributed by atoms with Crippen molar-refractivity contribution in [3.8, 4) is 0 Å². The van der Waals surface area contributed by atoms with Gasteiger partial charge in [0.2, 0.25) is 11.8 Å². The van der Waals surface area contributed by atoms with E-state index in [9.17, 15) is 14.4 Å². The fraction of sp³-hybridized carbons (Fsp3) is 0.375. The maximum Gasteiger partial charge on any atom is 0.239 e. The highest BCUT2D eigenvalue weighted by atomic mass is 16.2. The summed E-state index contributed by atoms with van der Waals surface area (Å²) in [7, 11) is 0. The third-order valence-electron chi connectivity index (χ3n) is 6.64. The van der Waals surface area contributed by atoms with Crippen LogP contribution in [0.3, 0.4) is 0 Å². The Balaban J connectivity index is 1.57. The number of benzene rings is 2. The van der Waals surface area contributed by atoms with Gasteiger partial charge in [0.25, 0.3) is 0 Å². The molecule has 5 rings (SSSR count). The fourth-order valence-electron chi connectivity index (χ4n) is 5.62. The number of Topliss-reactive ketones (excluding diaryl/α,β-unsaturated/α-hetero) is 1. The smallest absolute Gasteiger partial charge is 0.239 e. The van der Waals surface area contributed by atoms with E-state index in [-0.39, 0.29) is 23.6 Å². The molecule has 3 aliphatic rings. The van der Waals surface area contributed by atoms with E-state index in [1.807, 2.05) is 50.2 Å². The Labute approximate surface area is 170 Å². The summed E-state index contributed by atoms with van der Waals surface area (Å²) in [6.45, 7) is 4.69. The maximum absolute atomic E-state index is 13.5. The lowest BCUT2D eigenvalue weighted by Gasteiger charge is -2.27. The molecule has 29 heavy (non-hydrogen) atoms. The molecule has 0 unspecified atom stereocenters. The Kier molecular flexibility index (Phi) is 4.17. The van der Waals surface area contributed by atoms with Crippen LogP contribution in [-0.2, 0) is 9.59 Å². The Morgan fingerprint density at radius 1 is 0.931 bits per heavy atom. The van der Waals surface area contributed by atoms with Gasteiger partial charge in [-0.15, -0.1) is 0 Å². The highest BCUT2D eigenvalue weighted by Gasteiger charge is 2.64. The number of carbonyl (C=O) groups excluding carboxylic acids is 3. The summed E-state index contributed by atoms with van der Waals surface area (Å²) >= 11 is 0. The van der Waals surface area contributed by atoms with Crippen molar-refractivity contribution in [2.24, 2.45) is 11.8 Å². The van der Waals surface area contributed by atoms with Crippen molar-refractivity contribution in [2.45, 2.75) is 38.8 Å². The molecule has 5 nitrogen and oxygen atoms in total. The van der Waals surface area contributed by atoms with Gasteiger partial charge in [0.1, 0.15) is 0 Å². The molecule has 3 heterocycles. The lowest BCUT2D eigenvalue weighted by molar-refractivity contribution is -0.123. The summed E-state index contributed by atoms with van der Waals surface area (Å²) in [4.78, 5) is 43.8. The van der Waals surface area contributed by atoms with Crippen molar-refractivity contribution in [2.75, 3.05) is 11.4 Å². The first-order chi connectivity index (χ1) is 14.0. The van der Waals surface area contributed by atoms with Gasteiger partial charge in [-0.1, -0.05) is 36.4 Å². The summed E-state index contributed by atoms with van der Waals surface area (Å²) in [5, 5.41) is 0. The number of hydrogen-bond acceptors (Lipinski definition) is 4. The quantitative estimate of drug-likeness (QED) is 0.599. The predicted molar refractivity (Wildman–Crippen MR) is 110 cm³/mol. The van der Waals surface area contributed by atoms with Crippen LogP contribution in [0.5, 0.6) is 0 Å². The van der Waals surface area contributed by atoms with Crippen LogP contribution in [0.25, 0.3) is 0 Å². The number of nitrogens with zero attached hydrogens (tertiary/aromatic N) is 2. The number of aryl methyl sites for hydroxylation is 2. The second kappa shape index (κ2) is 6.63. The molecule has 0 aromatic heterocycles. The molecule has 0 radical (unpaired) electrons. The van der Waals surface area contributed by atoms with E-state index >= 15 is 0 Å². The van der Waals surface area contributed by atoms with Gasteiger partial charge in [-0.3, -0.25) is 19.3 Å². The highest BCUT2D eigenvalue weighted by molar-refractivity contribution is 6.24. The molecule has 0 aliphatic carbocycles. The van der Waals surface area contributed by atoms with E-state index in [0.717, 1.165) is 30.5 Å². The Morgan fingerprint density at radius 2 is 1.59 bits per heavy atom. The first-order valence-electron chi connectivity index (χ1n) is 10.3. The normalized spacial score (nSPS) is 28.7. The Bertz CT molecular complexity index is 996. The van der Waals surface area contributed by atoms with Gasteiger partial charge in [0.05, 0.1) is 23.6 Å². The molecule has 3 saturated heterocycles. The summed E-state index contributed by atoms with van der Waals surface area (Å²) in [5.41, 5.74) is 3.25. The molecule has 148 valence electrons. The predicted octanol–water partition coefficient (Wildman–Crippen LogP) is 3.14. The molecule has 0 N–H and O–H groups in total.